The minimum atomic E-state index is 0.113. The molecule has 0 amide bonds. The monoisotopic (exact) mass is 220 g/mol. The largest absolute Gasteiger partial charge is 0.299 e. The molecule has 2 atom stereocenters. The van der Waals surface area contributed by atoms with Crippen LogP contribution in [0.3, 0.4) is 0 Å². The molecular formula is C14H20O2. The molecule has 0 radical (unpaired) electrons. The van der Waals surface area contributed by atoms with Gasteiger partial charge in [-0.15, -0.1) is 0 Å². The summed E-state index contributed by atoms with van der Waals surface area (Å²) in [5.41, 5.74) is 2.37. The molecule has 0 heterocycles. The highest BCUT2D eigenvalue weighted by atomic mass is 16.1. The fraction of sp³-hybridized carbons (Fsp3) is 0.714. The highest BCUT2D eigenvalue weighted by Gasteiger charge is 2.32. The van der Waals surface area contributed by atoms with Crippen molar-refractivity contribution in [2.45, 2.75) is 52.4 Å². The van der Waals surface area contributed by atoms with E-state index in [1.807, 2.05) is 6.92 Å². The fourth-order valence-corrected chi connectivity index (χ4v) is 3.06. The van der Waals surface area contributed by atoms with Gasteiger partial charge in [0.2, 0.25) is 0 Å². The van der Waals surface area contributed by atoms with Crippen LogP contribution in [0.2, 0.25) is 0 Å². The SMILES string of the molecule is CCC(=O)[C@H]1CC[C@@H](C)C2=C(C1)C(=O)CC2. The smallest absolute Gasteiger partial charge is 0.159 e. The molecule has 0 fully saturated rings. The van der Waals surface area contributed by atoms with Crippen LogP contribution >= 0.6 is 0 Å². The summed E-state index contributed by atoms with van der Waals surface area (Å²) in [5, 5.41) is 0. The molecule has 0 aromatic heterocycles. The van der Waals surface area contributed by atoms with E-state index in [0.717, 1.165) is 31.3 Å². The molecule has 2 nitrogen and oxygen atoms in total. The molecule has 0 N–H and O–H groups in total. The summed E-state index contributed by atoms with van der Waals surface area (Å²) in [6.45, 7) is 4.12. The summed E-state index contributed by atoms with van der Waals surface area (Å²) in [5.74, 6) is 1.26. The summed E-state index contributed by atoms with van der Waals surface area (Å²) in [4.78, 5) is 23.6. The van der Waals surface area contributed by atoms with Gasteiger partial charge in [0.1, 0.15) is 5.78 Å². The maximum atomic E-state index is 11.8. The molecule has 2 heteroatoms. The van der Waals surface area contributed by atoms with E-state index in [1.54, 1.807) is 0 Å². The molecule has 0 spiro atoms. The van der Waals surface area contributed by atoms with E-state index in [-0.39, 0.29) is 5.92 Å². The van der Waals surface area contributed by atoms with Crippen LogP contribution in [0.25, 0.3) is 0 Å². The van der Waals surface area contributed by atoms with Crippen LogP contribution in [0, 0.1) is 11.8 Å². The maximum absolute atomic E-state index is 11.8. The van der Waals surface area contributed by atoms with Crippen molar-refractivity contribution in [3.8, 4) is 0 Å². The van der Waals surface area contributed by atoms with Crippen LogP contribution in [-0.2, 0) is 9.59 Å². The second-order valence-electron chi connectivity index (χ2n) is 5.13. The first kappa shape index (κ1) is 11.6. The van der Waals surface area contributed by atoms with Gasteiger partial charge < -0.3 is 0 Å². The number of hydrogen-bond acceptors (Lipinski definition) is 2. The van der Waals surface area contributed by atoms with Crippen LogP contribution in [0.15, 0.2) is 11.1 Å². The van der Waals surface area contributed by atoms with Crippen LogP contribution in [0.5, 0.6) is 0 Å². The Labute approximate surface area is 97.1 Å². The van der Waals surface area contributed by atoms with E-state index in [2.05, 4.69) is 6.92 Å². The zero-order valence-electron chi connectivity index (χ0n) is 10.2. The number of Topliss-reactive ketones (excluding diaryl/α,β-unsaturated/α-hetero) is 2. The van der Waals surface area contributed by atoms with Gasteiger partial charge in [0.25, 0.3) is 0 Å². The standard InChI is InChI=1S/C14H20O2/c1-3-13(15)10-5-4-9(2)11-6-7-14(16)12(11)8-10/h9-10H,3-8H2,1-2H3/t9-,10+/m1/s1. The third-order valence-corrected chi connectivity index (χ3v) is 4.14. The van der Waals surface area contributed by atoms with E-state index in [0.29, 0.717) is 30.3 Å². The predicted octanol–water partition coefficient (Wildman–Crippen LogP) is 3.06. The van der Waals surface area contributed by atoms with Crippen molar-refractivity contribution in [2.24, 2.45) is 11.8 Å². The van der Waals surface area contributed by atoms with Crippen molar-refractivity contribution in [2.75, 3.05) is 0 Å². The number of ketones is 2. The molecule has 0 aromatic carbocycles. The van der Waals surface area contributed by atoms with Crippen LogP contribution < -0.4 is 0 Å². The van der Waals surface area contributed by atoms with Gasteiger partial charge in [-0.05, 0) is 37.2 Å². The Morgan fingerprint density at radius 2 is 2.06 bits per heavy atom. The van der Waals surface area contributed by atoms with E-state index in [1.165, 1.54) is 5.57 Å². The number of hydrogen-bond donors (Lipinski definition) is 0. The van der Waals surface area contributed by atoms with Crippen LogP contribution in [0.1, 0.15) is 52.4 Å². The molecule has 0 aliphatic heterocycles. The lowest BCUT2D eigenvalue weighted by Crippen LogP contribution is -2.15. The van der Waals surface area contributed by atoms with Gasteiger partial charge in [-0.1, -0.05) is 19.4 Å². The second-order valence-corrected chi connectivity index (χ2v) is 5.13. The van der Waals surface area contributed by atoms with Crippen LogP contribution in [0.4, 0.5) is 0 Å². The molecule has 0 aromatic rings. The molecule has 2 aliphatic rings. The van der Waals surface area contributed by atoms with E-state index < -0.39 is 0 Å². The van der Waals surface area contributed by atoms with Gasteiger partial charge in [-0.2, -0.15) is 0 Å². The molecule has 2 rings (SSSR count). The Bertz CT molecular complexity index is 352. The first-order chi connectivity index (χ1) is 7.63. The van der Waals surface area contributed by atoms with Crippen molar-refractivity contribution in [3.63, 3.8) is 0 Å². The summed E-state index contributed by atoms with van der Waals surface area (Å²) < 4.78 is 0. The summed E-state index contributed by atoms with van der Waals surface area (Å²) >= 11 is 0. The minimum Gasteiger partial charge on any atom is -0.299 e. The first-order valence-corrected chi connectivity index (χ1v) is 6.41. The normalized spacial score (nSPS) is 30.2. The van der Waals surface area contributed by atoms with Gasteiger partial charge in [-0.3, -0.25) is 9.59 Å². The predicted molar refractivity (Wildman–Crippen MR) is 63.1 cm³/mol. The van der Waals surface area contributed by atoms with Gasteiger partial charge in [0.05, 0.1) is 0 Å². The topological polar surface area (TPSA) is 34.1 Å². The maximum Gasteiger partial charge on any atom is 0.159 e. The van der Waals surface area contributed by atoms with Gasteiger partial charge in [0.15, 0.2) is 5.78 Å². The van der Waals surface area contributed by atoms with Gasteiger partial charge in [-0.25, -0.2) is 0 Å². The zero-order valence-corrected chi connectivity index (χ0v) is 10.2. The third kappa shape index (κ3) is 1.98. The number of carbonyl (C=O) groups is 2. The lowest BCUT2D eigenvalue weighted by molar-refractivity contribution is -0.122. The number of rotatable bonds is 2. The lowest BCUT2D eigenvalue weighted by Gasteiger charge is -2.13. The summed E-state index contributed by atoms with van der Waals surface area (Å²) in [6, 6.07) is 0. The average molecular weight is 220 g/mol. The Balaban J connectivity index is 2.23. The minimum absolute atomic E-state index is 0.113. The summed E-state index contributed by atoms with van der Waals surface area (Å²) in [6.07, 6.45) is 5.00. The third-order valence-electron chi connectivity index (χ3n) is 4.14. The Morgan fingerprint density at radius 1 is 1.31 bits per heavy atom. The molecule has 16 heavy (non-hydrogen) atoms. The van der Waals surface area contributed by atoms with Crippen molar-refractivity contribution in [1.82, 2.24) is 0 Å². The lowest BCUT2D eigenvalue weighted by atomic mass is 9.90. The van der Waals surface area contributed by atoms with E-state index in [9.17, 15) is 9.59 Å². The molecule has 0 saturated carbocycles. The highest BCUT2D eigenvalue weighted by molar-refractivity contribution is 5.99. The number of allylic oxidation sites excluding steroid dienone is 2. The molecule has 88 valence electrons. The molecular weight excluding hydrogens is 200 g/mol. The van der Waals surface area contributed by atoms with Crippen molar-refractivity contribution >= 4 is 11.6 Å². The second kappa shape index (κ2) is 4.52. The van der Waals surface area contributed by atoms with Crippen LogP contribution in [-0.4, -0.2) is 11.6 Å². The Kier molecular flexibility index (Phi) is 3.27. The molecule has 2 aliphatic carbocycles. The molecule has 0 bridgehead atoms. The zero-order chi connectivity index (χ0) is 11.7. The van der Waals surface area contributed by atoms with E-state index >= 15 is 0 Å². The van der Waals surface area contributed by atoms with Crippen molar-refractivity contribution < 1.29 is 9.59 Å². The fourth-order valence-electron chi connectivity index (χ4n) is 3.06. The van der Waals surface area contributed by atoms with E-state index in [4.69, 9.17) is 0 Å². The highest BCUT2D eigenvalue weighted by Crippen LogP contribution is 2.39. The van der Waals surface area contributed by atoms with Crippen molar-refractivity contribution in [1.29, 1.82) is 0 Å². The Morgan fingerprint density at radius 3 is 2.75 bits per heavy atom. The Hall–Kier alpha value is -0.920. The van der Waals surface area contributed by atoms with Gasteiger partial charge >= 0.3 is 0 Å². The summed E-state index contributed by atoms with van der Waals surface area (Å²) in [7, 11) is 0. The molecule has 0 unspecified atom stereocenters. The quantitative estimate of drug-likeness (QED) is 0.716. The average Bonchev–Trinajstić information content (AvgIpc) is 2.55. The molecule has 0 saturated heterocycles. The number of carbonyl (C=O) groups excluding carboxylic acids is 2. The van der Waals surface area contributed by atoms with Gasteiger partial charge in [0, 0.05) is 18.8 Å². The first-order valence-electron chi connectivity index (χ1n) is 6.41. The van der Waals surface area contributed by atoms with Crippen molar-refractivity contribution in [3.05, 3.63) is 11.1 Å².